The first kappa shape index (κ1) is 25.2. The summed E-state index contributed by atoms with van der Waals surface area (Å²) >= 11 is 0. The smallest absolute Gasteiger partial charge is 0.263 e. The van der Waals surface area contributed by atoms with Gasteiger partial charge in [0.25, 0.3) is 5.89 Å². The molecule has 10 nitrogen and oxygen atoms in total. The van der Waals surface area contributed by atoms with Crippen molar-refractivity contribution in [3.8, 4) is 11.5 Å². The average molecular weight is 513 g/mol. The molecule has 0 spiro atoms. The fraction of sp³-hybridized carbons (Fsp3) is 0.250. The number of nitrogens with zero attached hydrogens (tertiary/aromatic N) is 4. The Kier molecular flexibility index (Phi) is 7.27. The molecule has 0 bridgehead atoms. The van der Waals surface area contributed by atoms with Crippen LogP contribution < -0.4 is 10.6 Å². The van der Waals surface area contributed by atoms with Gasteiger partial charge >= 0.3 is 0 Å². The van der Waals surface area contributed by atoms with Crippen LogP contribution in [0.4, 0.5) is 21.8 Å². The third kappa shape index (κ3) is 5.66. The number of aliphatic hydroxyl groups excluding tert-OH is 1. The lowest BCUT2D eigenvalue weighted by molar-refractivity contribution is 0.276. The Morgan fingerprint density at radius 1 is 1.11 bits per heavy atom. The van der Waals surface area contributed by atoms with Crippen LogP contribution in [0.1, 0.15) is 37.2 Å². The van der Waals surface area contributed by atoms with Gasteiger partial charge in [-0.2, -0.15) is 9.97 Å². The van der Waals surface area contributed by atoms with Crippen molar-refractivity contribution in [2.75, 3.05) is 23.5 Å². The van der Waals surface area contributed by atoms with Gasteiger partial charge in [0, 0.05) is 24.1 Å². The average Bonchev–Trinajstić information content (AvgIpc) is 3.33. The van der Waals surface area contributed by atoms with Crippen molar-refractivity contribution in [3.05, 3.63) is 71.9 Å². The van der Waals surface area contributed by atoms with Gasteiger partial charge in [-0.25, -0.2) is 17.8 Å². The Balaban J connectivity index is 1.71. The Morgan fingerprint density at radius 2 is 1.86 bits per heavy atom. The molecule has 4 rings (SSSR count). The molecule has 36 heavy (non-hydrogen) atoms. The second-order valence-electron chi connectivity index (χ2n) is 8.40. The molecule has 0 amide bonds. The lowest BCUT2D eigenvalue weighted by Crippen LogP contribution is -2.17. The number of hydrogen-bond acceptors (Lipinski definition) is 10. The van der Waals surface area contributed by atoms with Crippen LogP contribution in [0.5, 0.6) is 0 Å². The van der Waals surface area contributed by atoms with Crippen LogP contribution in [0.2, 0.25) is 0 Å². The minimum atomic E-state index is -3.70. The third-order valence-corrected chi connectivity index (χ3v) is 6.39. The van der Waals surface area contributed by atoms with Crippen molar-refractivity contribution in [1.82, 2.24) is 20.1 Å². The van der Waals surface area contributed by atoms with E-state index in [0.29, 0.717) is 17.2 Å². The van der Waals surface area contributed by atoms with E-state index in [9.17, 15) is 17.9 Å². The van der Waals surface area contributed by atoms with Crippen LogP contribution in [0.25, 0.3) is 11.5 Å². The lowest BCUT2D eigenvalue weighted by Gasteiger charge is -2.19. The number of aromatic nitrogens is 4. The van der Waals surface area contributed by atoms with E-state index in [1.807, 2.05) is 44.2 Å². The molecule has 188 valence electrons. The maximum Gasteiger partial charge on any atom is 0.263 e. The molecule has 2 aromatic heterocycles. The van der Waals surface area contributed by atoms with Crippen molar-refractivity contribution in [2.24, 2.45) is 0 Å². The molecule has 2 heterocycles. The van der Waals surface area contributed by atoms with E-state index in [1.165, 1.54) is 18.3 Å². The van der Waals surface area contributed by atoms with Crippen molar-refractivity contribution >= 4 is 27.3 Å². The molecular weight excluding hydrogens is 487 g/mol. The highest BCUT2D eigenvalue weighted by molar-refractivity contribution is 7.90. The predicted molar refractivity (Wildman–Crippen MR) is 132 cm³/mol. The molecule has 1 atom stereocenters. The number of halogens is 1. The zero-order valence-corrected chi connectivity index (χ0v) is 20.6. The molecule has 0 saturated heterocycles. The molecule has 2 aromatic carbocycles. The van der Waals surface area contributed by atoms with Gasteiger partial charge < -0.3 is 20.3 Å². The van der Waals surface area contributed by atoms with E-state index < -0.39 is 26.6 Å². The van der Waals surface area contributed by atoms with Crippen molar-refractivity contribution in [1.29, 1.82) is 0 Å². The Hall–Kier alpha value is -3.90. The van der Waals surface area contributed by atoms with Crippen LogP contribution >= 0.6 is 0 Å². The summed E-state index contributed by atoms with van der Waals surface area (Å²) in [5.74, 6) is 0.250. The topological polar surface area (TPSA) is 143 Å². The molecule has 12 heteroatoms. The van der Waals surface area contributed by atoms with Gasteiger partial charge in [0.2, 0.25) is 5.95 Å². The largest absolute Gasteiger partial charge is 0.394 e. The summed E-state index contributed by atoms with van der Waals surface area (Å²) in [4.78, 5) is 12.8. The highest BCUT2D eigenvalue weighted by atomic mass is 32.2. The second kappa shape index (κ2) is 10.4. The highest BCUT2D eigenvalue weighted by Crippen LogP contribution is 2.30. The molecule has 0 aliphatic rings. The summed E-state index contributed by atoms with van der Waals surface area (Å²) < 4.78 is 43.2. The molecule has 0 fully saturated rings. The van der Waals surface area contributed by atoms with E-state index in [4.69, 9.17) is 4.52 Å². The fourth-order valence-corrected chi connectivity index (χ4v) is 4.11. The van der Waals surface area contributed by atoms with Gasteiger partial charge in [-0.1, -0.05) is 49.3 Å². The zero-order chi connectivity index (χ0) is 25.9. The predicted octanol–water partition coefficient (Wildman–Crippen LogP) is 4.08. The number of rotatable bonds is 9. The monoisotopic (exact) mass is 512 g/mol. The first-order chi connectivity index (χ1) is 17.2. The van der Waals surface area contributed by atoms with Gasteiger partial charge in [-0.05, 0) is 23.8 Å². The van der Waals surface area contributed by atoms with E-state index in [-0.39, 0.29) is 30.1 Å². The first-order valence-electron chi connectivity index (χ1n) is 11.1. The maximum atomic E-state index is 14.4. The quantitative estimate of drug-likeness (QED) is 0.300. The number of hydrogen-bond donors (Lipinski definition) is 3. The van der Waals surface area contributed by atoms with E-state index in [1.54, 1.807) is 0 Å². The Morgan fingerprint density at radius 3 is 2.47 bits per heavy atom. The van der Waals surface area contributed by atoms with Crippen molar-refractivity contribution < 1.29 is 22.4 Å². The maximum absolute atomic E-state index is 14.4. The molecule has 4 aromatic rings. The van der Waals surface area contributed by atoms with Gasteiger partial charge in [0.05, 0.1) is 12.6 Å². The summed E-state index contributed by atoms with van der Waals surface area (Å²) in [6.07, 6.45) is 2.40. The summed E-state index contributed by atoms with van der Waals surface area (Å²) in [7, 11) is -3.70. The van der Waals surface area contributed by atoms with Crippen molar-refractivity contribution in [3.63, 3.8) is 0 Å². The Labute approximate surface area is 207 Å². The summed E-state index contributed by atoms with van der Waals surface area (Å²) in [5, 5.41) is 20.1. The van der Waals surface area contributed by atoms with Gasteiger partial charge in [-0.3, -0.25) is 0 Å². The van der Waals surface area contributed by atoms with Gasteiger partial charge in [-0.15, -0.1) is 0 Å². The summed E-state index contributed by atoms with van der Waals surface area (Å²) in [5.41, 5.74) is 1.49. The van der Waals surface area contributed by atoms with Gasteiger partial charge in [0.1, 0.15) is 22.1 Å². The zero-order valence-electron chi connectivity index (χ0n) is 19.8. The third-order valence-electron chi connectivity index (χ3n) is 5.26. The second-order valence-corrected chi connectivity index (χ2v) is 10.4. The van der Waals surface area contributed by atoms with Crippen LogP contribution in [-0.2, 0) is 9.84 Å². The van der Waals surface area contributed by atoms with E-state index >= 15 is 0 Å². The molecule has 0 unspecified atom stereocenters. The minimum Gasteiger partial charge on any atom is -0.394 e. The number of sulfone groups is 1. The first-order valence-corrected chi connectivity index (χ1v) is 12.9. The number of benzene rings is 2. The standard InChI is InChI=1S/C24H25FN6O4S/c1-14(2)21-29-23(35-31-21)17-12-26-24(27-16-9-10-20(18(25)11-16)36(3,33)34)30-22(17)28-19(13-32)15-7-5-4-6-8-15/h4-12,14,19,32H,13H2,1-3H3,(H2,26,27,28,30)/t19-/m1/s1. The Bertz CT molecular complexity index is 1460. The number of nitrogens with one attached hydrogen (secondary N) is 2. The molecule has 0 aliphatic heterocycles. The normalized spacial score (nSPS) is 12.5. The van der Waals surface area contributed by atoms with Crippen LogP contribution in [0, 0.1) is 5.82 Å². The van der Waals surface area contributed by atoms with Crippen LogP contribution in [0.15, 0.2) is 64.1 Å². The van der Waals surface area contributed by atoms with Gasteiger partial charge in [0.15, 0.2) is 15.7 Å². The SMILES string of the molecule is CC(C)c1noc(-c2cnc(Nc3ccc(S(C)(=O)=O)c(F)c3)nc2N[C@H](CO)c2ccccc2)n1. The minimum absolute atomic E-state index is 0.0417. The molecule has 0 radical (unpaired) electrons. The summed E-state index contributed by atoms with van der Waals surface area (Å²) in [6, 6.07) is 12.4. The lowest BCUT2D eigenvalue weighted by atomic mass is 10.1. The van der Waals surface area contributed by atoms with E-state index in [2.05, 4.69) is 30.7 Å². The fourth-order valence-electron chi connectivity index (χ4n) is 3.38. The van der Waals surface area contributed by atoms with Crippen molar-refractivity contribution in [2.45, 2.75) is 30.7 Å². The molecule has 0 aliphatic carbocycles. The molecule has 0 saturated carbocycles. The molecular formula is C24H25FN6O4S. The van der Waals surface area contributed by atoms with Crippen LogP contribution in [0.3, 0.4) is 0 Å². The number of anilines is 3. The summed E-state index contributed by atoms with van der Waals surface area (Å²) in [6.45, 7) is 3.64. The van der Waals surface area contributed by atoms with E-state index in [0.717, 1.165) is 17.9 Å². The highest BCUT2D eigenvalue weighted by Gasteiger charge is 2.21. The molecule has 3 N–H and O–H groups in total. The number of aliphatic hydroxyl groups is 1. The van der Waals surface area contributed by atoms with Crippen LogP contribution in [-0.4, -0.2) is 46.5 Å².